The first kappa shape index (κ1) is 15.9. The number of nitriles is 2. The van der Waals surface area contributed by atoms with E-state index in [9.17, 15) is 10.5 Å². The molecule has 0 aliphatic carbocycles. The number of halogens is 1. The van der Waals surface area contributed by atoms with Crippen LogP contribution in [0.15, 0.2) is 47.1 Å². The first-order valence-electron chi connectivity index (χ1n) is 6.77. The van der Waals surface area contributed by atoms with E-state index in [2.05, 4.69) is 12.1 Å². The molecule has 2 N–H and O–H groups in total. The fraction of sp³-hybridized carbons (Fsp3) is 0.294. The molecule has 4 nitrogen and oxygen atoms in total. The van der Waals surface area contributed by atoms with Crippen LogP contribution in [0.4, 0.5) is 0 Å². The third kappa shape index (κ3) is 2.79. The van der Waals surface area contributed by atoms with Gasteiger partial charge in [-0.2, -0.15) is 10.5 Å². The maximum atomic E-state index is 9.62. The minimum atomic E-state index is -0.532. The summed E-state index contributed by atoms with van der Waals surface area (Å²) in [6, 6.07) is 11.3. The Morgan fingerprint density at radius 1 is 1.09 bits per heavy atom. The Bertz CT molecular complexity index is 740. The van der Waals surface area contributed by atoms with Crippen molar-refractivity contribution in [3.63, 3.8) is 0 Å². The van der Waals surface area contributed by atoms with E-state index in [1.165, 1.54) is 0 Å². The lowest BCUT2D eigenvalue weighted by Gasteiger charge is -2.32. The maximum absolute atomic E-state index is 9.62. The lowest BCUT2D eigenvalue weighted by atomic mass is 9.79. The van der Waals surface area contributed by atoms with Gasteiger partial charge in [-0.1, -0.05) is 44.5 Å². The summed E-state index contributed by atoms with van der Waals surface area (Å²) in [6.45, 7) is 5.80. The molecule has 1 aromatic rings. The summed E-state index contributed by atoms with van der Waals surface area (Å²) in [7, 11) is 0. The van der Waals surface area contributed by atoms with Gasteiger partial charge in [0.2, 0.25) is 5.88 Å². The lowest BCUT2D eigenvalue weighted by molar-refractivity contribution is 0.199. The van der Waals surface area contributed by atoms with Crippen LogP contribution in [0.1, 0.15) is 32.3 Å². The Kier molecular flexibility index (Phi) is 4.17. The molecule has 1 aromatic carbocycles. The smallest absolute Gasteiger partial charge is 0.205 e. The molecule has 0 aromatic heterocycles. The van der Waals surface area contributed by atoms with Crippen molar-refractivity contribution in [3.8, 4) is 12.1 Å². The van der Waals surface area contributed by atoms with E-state index < -0.39 is 11.3 Å². The molecule has 0 saturated carbocycles. The fourth-order valence-corrected chi connectivity index (χ4v) is 2.54. The molecule has 0 amide bonds. The molecule has 1 atom stereocenters. The van der Waals surface area contributed by atoms with Gasteiger partial charge in [-0.15, -0.1) is 0 Å². The van der Waals surface area contributed by atoms with Crippen molar-refractivity contribution in [1.29, 1.82) is 10.5 Å². The molecular formula is C17H16ClN3O. The SMILES string of the molecule is CC(C)(C)C1=C(C#N)C(c2ccc(Cl)cc2)C(C#N)=C(N)O1. The Balaban J connectivity index is 2.70. The van der Waals surface area contributed by atoms with Crippen molar-refractivity contribution in [1.82, 2.24) is 0 Å². The molecule has 1 heterocycles. The van der Waals surface area contributed by atoms with Crippen LogP contribution in [0.5, 0.6) is 0 Å². The number of hydrogen-bond acceptors (Lipinski definition) is 4. The normalized spacial score (nSPS) is 18.5. The van der Waals surface area contributed by atoms with Crippen molar-refractivity contribution in [3.05, 3.63) is 57.6 Å². The molecule has 112 valence electrons. The highest BCUT2D eigenvalue weighted by Gasteiger charge is 2.37. The van der Waals surface area contributed by atoms with Gasteiger partial charge in [0.15, 0.2) is 0 Å². The number of nitrogens with zero attached hydrogens (tertiary/aromatic N) is 2. The third-order valence-corrected chi connectivity index (χ3v) is 3.68. The Morgan fingerprint density at radius 3 is 2.09 bits per heavy atom. The summed E-state index contributed by atoms with van der Waals surface area (Å²) in [5, 5.41) is 19.6. The average Bonchev–Trinajstić information content (AvgIpc) is 2.46. The molecule has 22 heavy (non-hydrogen) atoms. The molecule has 0 spiro atoms. The van der Waals surface area contributed by atoms with Crippen LogP contribution in [-0.4, -0.2) is 0 Å². The van der Waals surface area contributed by atoms with Gasteiger partial charge in [0.1, 0.15) is 17.4 Å². The van der Waals surface area contributed by atoms with Gasteiger partial charge in [-0.25, -0.2) is 0 Å². The predicted molar refractivity (Wildman–Crippen MR) is 84.2 cm³/mol. The highest BCUT2D eigenvalue weighted by atomic mass is 35.5. The largest absolute Gasteiger partial charge is 0.443 e. The fourth-order valence-electron chi connectivity index (χ4n) is 2.42. The van der Waals surface area contributed by atoms with Gasteiger partial charge in [-0.3, -0.25) is 0 Å². The average molecular weight is 314 g/mol. The second kappa shape index (κ2) is 5.75. The van der Waals surface area contributed by atoms with Gasteiger partial charge in [-0.05, 0) is 17.7 Å². The minimum Gasteiger partial charge on any atom is -0.443 e. The van der Waals surface area contributed by atoms with E-state index in [4.69, 9.17) is 22.1 Å². The highest BCUT2D eigenvalue weighted by molar-refractivity contribution is 6.30. The number of ether oxygens (including phenoxy) is 1. The molecule has 0 radical (unpaired) electrons. The number of nitrogens with two attached hydrogens (primary N) is 1. The van der Waals surface area contributed by atoms with E-state index in [0.717, 1.165) is 5.56 Å². The summed E-state index contributed by atoms with van der Waals surface area (Å²) < 4.78 is 5.60. The summed E-state index contributed by atoms with van der Waals surface area (Å²) in [4.78, 5) is 0. The predicted octanol–water partition coefficient (Wildman–Crippen LogP) is 3.97. The van der Waals surface area contributed by atoms with Gasteiger partial charge in [0, 0.05) is 10.4 Å². The maximum Gasteiger partial charge on any atom is 0.205 e. The molecule has 2 rings (SSSR count). The number of allylic oxidation sites excluding steroid dienone is 3. The van der Waals surface area contributed by atoms with Crippen LogP contribution in [0, 0.1) is 28.1 Å². The number of benzene rings is 1. The summed E-state index contributed by atoms with van der Waals surface area (Å²) in [5.74, 6) is 0.00747. The zero-order valence-electron chi connectivity index (χ0n) is 12.6. The number of rotatable bonds is 1. The molecule has 1 aliphatic heterocycles. The third-order valence-electron chi connectivity index (χ3n) is 3.42. The van der Waals surface area contributed by atoms with Crippen LogP contribution in [-0.2, 0) is 4.74 Å². The minimum absolute atomic E-state index is 0.0476. The molecule has 5 heteroatoms. The zero-order chi connectivity index (χ0) is 16.5. The summed E-state index contributed by atoms with van der Waals surface area (Å²) in [5.41, 5.74) is 6.94. The quantitative estimate of drug-likeness (QED) is 0.850. The van der Waals surface area contributed by atoms with Crippen molar-refractivity contribution >= 4 is 11.6 Å². The van der Waals surface area contributed by atoms with Crippen molar-refractivity contribution in [2.75, 3.05) is 0 Å². The van der Waals surface area contributed by atoms with E-state index in [-0.39, 0.29) is 11.5 Å². The van der Waals surface area contributed by atoms with E-state index >= 15 is 0 Å². The van der Waals surface area contributed by atoms with Crippen LogP contribution >= 0.6 is 11.6 Å². The van der Waals surface area contributed by atoms with Crippen LogP contribution in [0.3, 0.4) is 0 Å². The van der Waals surface area contributed by atoms with Crippen LogP contribution in [0.25, 0.3) is 0 Å². The molecule has 0 saturated heterocycles. The first-order chi connectivity index (χ1) is 10.3. The molecular weight excluding hydrogens is 298 g/mol. The van der Waals surface area contributed by atoms with Crippen molar-refractivity contribution in [2.24, 2.45) is 11.1 Å². The summed E-state index contributed by atoms with van der Waals surface area (Å²) >= 11 is 5.92. The number of hydrogen-bond donors (Lipinski definition) is 1. The lowest BCUT2D eigenvalue weighted by Crippen LogP contribution is -2.26. The zero-order valence-corrected chi connectivity index (χ0v) is 13.4. The first-order valence-corrected chi connectivity index (χ1v) is 7.15. The molecule has 1 unspecified atom stereocenters. The second-order valence-electron chi connectivity index (χ2n) is 6.08. The van der Waals surface area contributed by atoms with E-state index in [1.807, 2.05) is 20.8 Å². The Morgan fingerprint density at radius 2 is 1.64 bits per heavy atom. The molecule has 0 fully saturated rings. The van der Waals surface area contributed by atoms with Crippen LogP contribution in [0.2, 0.25) is 5.02 Å². The van der Waals surface area contributed by atoms with Crippen LogP contribution < -0.4 is 5.73 Å². The van der Waals surface area contributed by atoms with Gasteiger partial charge in [0.25, 0.3) is 0 Å². The Labute approximate surface area is 135 Å². The van der Waals surface area contributed by atoms with Gasteiger partial charge >= 0.3 is 0 Å². The molecule has 1 aliphatic rings. The standard InChI is InChI=1S/C17H16ClN3O/c1-17(2,3)15-12(8-19)14(13(9-20)16(21)22-15)10-4-6-11(18)7-5-10/h4-7,14H,21H2,1-3H3. The van der Waals surface area contributed by atoms with Gasteiger partial charge in [0.05, 0.1) is 17.6 Å². The highest BCUT2D eigenvalue weighted by Crippen LogP contribution is 2.44. The second-order valence-corrected chi connectivity index (χ2v) is 6.52. The van der Waals surface area contributed by atoms with Crippen molar-refractivity contribution < 1.29 is 4.74 Å². The van der Waals surface area contributed by atoms with Gasteiger partial charge < -0.3 is 10.5 Å². The van der Waals surface area contributed by atoms with E-state index in [0.29, 0.717) is 16.4 Å². The summed E-state index contributed by atoms with van der Waals surface area (Å²) in [6.07, 6.45) is 0. The molecule has 0 bridgehead atoms. The van der Waals surface area contributed by atoms with E-state index in [1.54, 1.807) is 24.3 Å². The topological polar surface area (TPSA) is 82.8 Å². The Hall–Kier alpha value is -2.43. The monoisotopic (exact) mass is 313 g/mol. The van der Waals surface area contributed by atoms with Crippen molar-refractivity contribution in [2.45, 2.75) is 26.7 Å².